The van der Waals surface area contributed by atoms with Gasteiger partial charge in [-0.15, -0.1) is 0 Å². The van der Waals surface area contributed by atoms with Gasteiger partial charge in [-0.2, -0.15) is 5.10 Å². The number of anilines is 2. The minimum absolute atomic E-state index is 0.279. The molecular weight excluding hydrogens is 427 g/mol. The van der Waals surface area contributed by atoms with Crippen molar-refractivity contribution in [1.29, 1.82) is 0 Å². The topological polar surface area (TPSA) is 88.3 Å². The van der Waals surface area contributed by atoms with Gasteiger partial charge in [-0.05, 0) is 37.1 Å². The Bertz CT molecular complexity index is 1100. The molecule has 0 unspecified atom stereocenters. The van der Waals surface area contributed by atoms with E-state index < -0.39 is 6.03 Å². The fourth-order valence-electron chi connectivity index (χ4n) is 3.21. The van der Waals surface area contributed by atoms with Crippen LogP contribution in [-0.2, 0) is 0 Å². The highest BCUT2D eigenvalue weighted by molar-refractivity contribution is 6.44. The number of aromatic nitrogens is 2. The summed E-state index contributed by atoms with van der Waals surface area (Å²) < 4.78 is 10.8. The second-order valence-electron chi connectivity index (χ2n) is 6.88. The lowest BCUT2D eigenvalue weighted by molar-refractivity contribution is 0.262. The number of carbonyl (C=O) groups is 1. The molecule has 1 aromatic heterocycles. The van der Waals surface area contributed by atoms with E-state index in [9.17, 15) is 4.79 Å². The molecule has 7 nitrogen and oxygen atoms in total. The van der Waals surface area contributed by atoms with Crippen molar-refractivity contribution in [3.05, 3.63) is 52.1 Å². The van der Waals surface area contributed by atoms with Crippen molar-refractivity contribution >= 4 is 40.6 Å². The van der Waals surface area contributed by atoms with E-state index >= 15 is 0 Å². The summed E-state index contributed by atoms with van der Waals surface area (Å²) in [5, 5.41) is 13.8. The van der Waals surface area contributed by atoms with Crippen LogP contribution in [0, 0.1) is 0 Å². The normalized spacial score (nSPS) is 13.1. The van der Waals surface area contributed by atoms with E-state index in [0.29, 0.717) is 39.5 Å². The Kier molecular flexibility index (Phi) is 5.74. The number of nitrogens with one attached hydrogen (secondary N) is 3. The van der Waals surface area contributed by atoms with Crippen LogP contribution in [-0.4, -0.2) is 30.4 Å². The van der Waals surface area contributed by atoms with Crippen LogP contribution in [0.5, 0.6) is 11.5 Å². The first-order chi connectivity index (χ1) is 14.5. The minimum Gasteiger partial charge on any atom is -0.497 e. The van der Waals surface area contributed by atoms with Crippen molar-refractivity contribution < 1.29 is 14.3 Å². The van der Waals surface area contributed by atoms with Crippen LogP contribution in [0.25, 0.3) is 11.3 Å². The molecule has 0 spiro atoms. The number of benzene rings is 2. The molecule has 1 saturated carbocycles. The first kappa shape index (κ1) is 20.4. The van der Waals surface area contributed by atoms with Crippen LogP contribution in [0.15, 0.2) is 36.4 Å². The monoisotopic (exact) mass is 446 g/mol. The summed E-state index contributed by atoms with van der Waals surface area (Å²) in [6.45, 7) is 0. The van der Waals surface area contributed by atoms with Crippen LogP contribution in [0.3, 0.4) is 0 Å². The third-order valence-corrected chi connectivity index (χ3v) is 5.70. The second kappa shape index (κ2) is 8.45. The number of nitrogens with zero attached hydrogens (tertiary/aromatic N) is 1. The molecule has 30 heavy (non-hydrogen) atoms. The fraction of sp³-hybridized carbons (Fsp3) is 0.238. The van der Waals surface area contributed by atoms with Crippen LogP contribution >= 0.6 is 23.2 Å². The average molecular weight is 447 g/mol. The molecule has 2 amide bonds. The van der Waals surface area contributed by atoms with Crippen molar-refractivity contribution in [1.82, 2.24) is 10.2 Å². The van der Waals surface area contributed by atoms with Crippen LogP contribution < -0.4 is 20.1 Å². The summed E-state index contributed by atoms with van der Waals surface area (Å²) in [5.41, 5.74) is 3.23. The molecular formula is C21H20Cl2N4O3. The number of aromatic amines is 1. The highest BCUT2D eigenvalue weighted by atomic mass is 35.5. The first-order valence-electron chi connectivity index (χ1n) is 9.34. The summed E-state index contributed by atoms with van der Waals surface area (Å²) in [7, 11) is 3.17. The third-order valence-electron chi connectivity index (χ3n) is 4.88. The SMILES string of the molecule is COc1ccc(-c2n[nH]c(C3CC3)c2NC(=O)Nc2cccc(Cl)c2Cl)c(OC)c1. The molecule has 1 fully saturated rings. The van der Waals surface area contributed by atoms with Gasteiger partial charge in [0.2, 0.25) is 0 Å². The number of carbonyl (C=O) groups excluding carboxylic acids is 1. The fourth-order valence-corrected chi connectivity index (χ4v) is 3.55. The number of halogens is 2. The largest absolute Gasteiger partial charge is 0.497 e. The van der Waals surface area contributed by atoms with Crippen molar-refractivity contribution in [2.75, 3.05) is 24.9 Å². The van der Waals surface area contributed by atoms with Gasteiger partial charge in [0.25, 0.3) is 0 Å². The second-order valence-corrected chi connectivity index (χ2v) is 7.67. The first-order valence-corrected chi connectivity index (χ1v) is 10.1. The van der Waals surface area contributed by atoms with E-state index in [1.807, 2.05) is 12.1 Å². The van der Waals surface area contributed by atoms with Gasteiger partial charge in [-0.3, -0.25) is 5.10 Å². The maximum absolute atomic E-state index is 12.8. The Morgan fingerprint density at radius 3 is 2.63 bits per heavy atom. The lowest BCUT2D eigenvalue weighted by Gasteiger charge is -2.13. The average Bonchev–Trinajstić information content (AvgIpc) is 3.51. The number of rotatable bonds is 6. The number of hydrogen-bond donors (Lipinski definition) is 3. The molecule has 1 aliphatic rings. The number of ether oxygens (including phenoxy) is 2. The van der Waals surface area contributed by atoms with Crippen molar-refractivity contribution in [2.24, 2.45) is 0 Å². The highest BCUT2D eigenvalue weighted by Crippen LogP contribution is 2.46. The summed E-state index contributed by atoms with van der Waals surface area (Å²) in [6.07, 6.45) is 2.08. The molecule has 0 saturated heterocycles. The number of urea groups is 1. The summed E-state index contributed by atoms with van der Waals surface area (Å²) in [5.74, 6) is 1.58. The smallest absolute Gasteiger partial charge is 0.323 e. The van der Waals surface area contributed by atoms with E-state index in [-0.39, 0.29) is 5.02 Å². The van der Waals surface area contributed by atoms with E-state index in [0.717, 1.165) is 24.1 Å². The van der Waals surface area contributed by atoms with Crippen LogP contribution in [0.2, 0.25) is 10.0 Å². The number of methoxy groups -OCH3 is 2. The maximum atomic E-state index is 12.8. The standard InChI is InChI=1S/C21H20Cl2N4O3/c1-29-12-8-9-13(16(10-12)30-2)19-20(18(26-27-19)11-6-7-11)25-21(28)24-15-5-3-4-14(22)17(15)23/h3-5,8-11H,6-7H2,1-2H3,(H,26,27)(H2,24,25,28). The Hall–Kier alpha value is -2.90. The van der Waals surface area contributed by atoms with Gasteiger partial charge in [0.05, 0.1) is 41.3 Å². The zero-order valence-electron chi connectivity index (χ0n) is 16.4. The van der Waals surface area contributed by atoms with E-state index in [1.54, 1.807) is 38.5 Å². The van der Waals surface area contributed by atoms with Crippen LogP contribution in [0.4, 0.5) is 16.2 Å². The predicted molar refractivity (Wildman–Crippen MR) is 118 cm³/mol. The zero-order chi connectivity index (χ0) is 21.3. The van der Waals surface area contributed by atoms with Crippen LogP contribution in [0.1, 0.15) is 24.5 Å². The molecule has 0 aliphatic heterocycles. The lowest BCUT2D eigenvalue weighted by atomic mass is 10.1. The zero-order valence-corrected chi connectivity index (χ0v) is 17.9. The molecule has 0 atom stereocenters. The molecule has 1 aliphatic carbocycles. The quantitative estimate of drug-likeness (QED) is 0.438. The van der Waals surface area contributed by atoms with Gasteiger partial charge in [0.15, 0.2) is 0 Å². The van der Waals surface area contributed by atoms with Gasteiger partial charge < -0.3 is 20.1 Å². The molecule has 1 heterocycles. The van der Waals surface area contributed by atoms with E-state index in [2.05, 4.69) is 20.8 Å². The van der Waals surface area contributed by atoms with Gasteiger partial charge in [0, 0.05) is 17.5 Å². The van der Waals surface area contributed by atoms with Gasteiger partial charge in [-0.1, -0.05) is 29.3 Å². The summed E-state index contributed by atoms with van der Waals surface area (Å²) in [4.78, 5) is 12.8. The number of hydrogen-bond acceptors (Lipinski definition) is 4. The van der Waals surface area contributed by atoms with E-state index in [1.165, 1.54) is 0 Å². The summed E-state index contributed by atoms with van der Waals surface area (Å²) >= 11 is 12.2. The summed E-state index contributed by atoms with van der Waals surface area (Å²) in [6, 6.07) is 10.0. The highest BCUT2D eigenvalue weighted by Gasteiger charge is 2.31. The predicted octanol–water partition coefficient (Wildman–Crippen LogP) is 5.92. The van der Waals surface area contributed by atoms with Gasteiger partial charge >= 0.3 is 6.03 Å². The van der Waals surface area contributed by atoms with Crippen molar-refractivity contribution in [3.63, 3.8) is 0 Å². The number of H-pyrrole nitrogens is 1. The minimum atomic E-state index is -0.448. The maximum Gasteiger partial charge on any atom is 0.323 e. The molecule has 0 radical (unpaired) electrons. The third kappa shape index (κ3) is 4.04. The Morgan fingerprint density at radius 2 is 1.93 bits per heavy atom. The molecule has 3 aromatic rings. The van der Waals surface area contributed by atoms with Gasteiger partial charge in [-0.25, -0.2) is 4.79 Å². The Labute approximate surface area is 183 Å². The lowest BCUT2D eigenvalue weighted by Crippen LogP contribution is -2.20. The van der Waals surface area contributed by atoms with Crippen molar-refractivity contribution in [2.45, 2.75) is 18.8 Å². The molecule has 3 N–H and O–H groups in total. The Morgan fingerprint density at radius 1 is 1.13 bits per heavy atom. The van der Waals surface area contributed by atoms with E-state index in [4.69, 9.17) is 32.7 Å². The molecule has 9 heteroatoms. The number of amides is 2. The van der Waals surface area contributed by atoms with Gasteiger partial charge in [0.1, 0.15) is 17.2 Å². The molecule has 2 aromatic carbocycles. The molecule has 156 valence electrons. The molecule has 0 bridgehead atoms. The Balaban J connectivity index is 1.67. The molecule has 4 rings (SSSR count). The van der Waals surface area contributed by atoms with Crippen molar-refractivity contribution in [3.8, 4) is 22.8 Å².